The van der Waals surface area contributed by atoms with Gasteiger partial charge in [-0.1, -0.05) is 18.2 Å². The van der Waals surface area contributed by atoms with Gasteiger partial charge in [0.25, 0.3) is 5.56 Å². The predicted octanol–water partition coefficient (Wildman–Crippen LogP) is 2.28. The molecule has 1 aliphatic rings. The average molecular weight is 404 g/mol. The van der Waals surface area contributed by atoms with E-state index >= 15 is 0 Å². The van der Waals surface area contributed by atoms with Gasteiger partial charge in [0.15, 0.2) is 0 Å². The molecule has 2 atom stereocenters. The third-order valence-corrected chi connectivity index (χ3v) is 5.34. The highest BCUT2D eigenvalue weighted by molar-refractivity contribution is 5.97. The minimum absolute atomic E-state index is 0.108. The smallest absolute Gasteiger partial charge is 0.272 e. The van der Waals surface area contributed by atoms with Crippen LogP contribution in [0.25, 0.3) is 10.8 Å². The Morgan fingerprint density at radius 1 is 1.17 bits per heavy atom. The Labute approximate surface area is 169 Å². The van der Waals surface area contributed by atoms with Gasteiger partial charge >= 0.3 is 0 Å². The molecule has 0 aliphatic carbocycles. The van der Waals surface area contributed by atoms with Crippen molar-refractivity contribution in [2.75, 3.05) is 6.61 Å². The highest BCUT2D eigenvalue weighted by Crippen LogP contribution is 2.43. The van der Waals surface area contributed by atoms with E-state index in [-0.39, 0.29) is 30.4 Å². The Morgan fingerprint density at radius 2 is 2.00 bits per heavy atom. The van der Waals surface area contributed by atoms with Crippen molar-refractivity contribution in [1.29, 1.82) is 0 Å². The number of rotatable bonds is 4. The molecular weight excluding hydrogens is 387 g/mol. The number of hydrogen-bond acceptors (Lipinski definition) is 6. The number of aliphatic hydroxyl groups excluding tert-OH is 1. The zero-order chi connectivity index (χ0) is 20.7. The van der Waals surface area contributed by atoms with Crippen LogP contribution in [0.1, 0.15) is 28.9 Å². The first-order valence-electron chi connectivity index (χ1n) is 9.47. The Morgan fingerprint density at radius 3 is 2.80 bits per heavy atom. The fraction of sp³-hybridized carbons (Fsp3) is 0.190. The van der Waals surface area contributed by atoms with Gasteiger partial charge in [0, 0.05) is 17.5 Å². The maximum atomic E-state index is 13.6. The minimum atomic E-state index is -0.462. The second kappa shape index (κ2) is 7.27. The third kappa shape index (κ3) is 2.91. The van der Waals surface area contributed by atoms with E-state index in [4.69, 9.17) is 0 Å². The molecule has 0 saturated carbocycles. The zero-order valence-corrected chi connectivity index (χ0v) is 15.7. The van der Waals surface area contributed by atoms with Crippen LogP contribution in [0.2, 0.25) is 0 Å². The molecule has 5 rings (SSSR count). The molecule has 30 heavy (non-hydrogen) atoms. The van der Waals surface area contributed by atoms with Crippen LogP contribution in [-0.2, 0) is 6.54 Å². The number of aliphatic hydroxyl groups is 1. The lowest BCUT2D eigenvalue weighted by Gasteiger charge is -2.23. The first kappa shape index (κ1) is 18.3. The van der Waals surface area contributed by atoms with E-state index in [9.17, 15) is 14.3 Å². The number of hydrogen-bond donors (Lipinski definition) is 2. The van der Waals surface area contributed by atoms with Crippen LogP contribution in [0.15, 0.2) is 58.6 Å². The van der Waals surface area contributed by atoms with Crippen LogP contribution in [-0.4, -0.2) is 42.9 Å². The van der Waals surface area contributed by atoms with Crippen molar-refractivity contribution in [3.05, 3.63) is 82.0 Å². The van der Waals surface area contributed by atoms with Crippen LogP contribution >= 0.6 is 0 Å². The molecule has 0 bridgehead atoms. The highest BCUT2D eigenvalue weighted by Gasteiger charge is 2.35. The summed E-state index contributed by atoms with van der Waals surface area (Å²) in [6.07, 6.45) is 3.19. The SMILES string of the molecule is O=c1[nH]nc2c3c(cccc13)N=CC(c1ccc(F)cc1)C2c1ncnn1CCO. The number of aromatic amines is 1. The van der Waals surface area contributed by atoms with Gasteiger partial charge in [-0.3, -0.25) is 9.79 Å². The molecule has 9 heteroatoms. The molecule has 8 nitrogen and oxygen atoms in total. The molecule has 0 saturated heterocycles. The molecule has 0 amide bonds. The van der Waals surface area contributed by atoms with Crippen LogP contribution in [0.3, 0.4) is 0 Å². The number of nitrogens with one attached hydrogen (secondary N) is 1. The van der Waals surface area contributed by atoms with Crippen LogP contribution in [0.4, 0.5) is 10.1 Å². The summed E-state index contributed by atoms with van der Waals surface area (Å²) in [5, 5.41) is 21.8. The summed E-state index contributed by atoms with van der Waals surface area (Å²) in [7, 11) is 0. The van der Waals surface area contributed by atoms with Crippen molar-refractivity contribution in [3.8, 4) is 0 Å². The van der Waals surface area contributed by atoms with Gasteiger partial charge in [-0.25, -0.2) is 19.2 Å². The maximum absolute atomic E-state index is 13.6. The molecule has 2 N–H and O–H groups in total. The van der Waals surface area contributed by atoms with E-state index < -0.39 is 5.92 Å². The molecule has 3 heterocycles. The lowest BCUT2D eigenvalue weighted by Crippen LogP contribution is -2.23. The third-order valence-electron chi connectivity index (χ3n) is 5.34. The first-order chi connectivity index (χ1) is 14.7. The summed E-state index contributed by atoms with van der Waals surface area (Å²) in [5.74, 6) is -0.572. The van der Waals surface area contributed by atoms with Gasteiger partial charge in [0.1, 0.15) is 18.0 Å². The number of aliphatic imine (C=N–C) groups is 1. The topological polar surface area (TPSA) is 109 Å². The van der Waals surface area contributed by atoms with Crippen LogP contribution < -0.4 is 5.56 Å². The molecule has 4 aromatic rings. The Hall–Kier alpha value is -3.72. The number of halogens is 1. The first-order valence-corrected chi connectivity index (χ1v) is 9.47. The van der Waals surface area contributed by atoms with Crippen molar-refractivity contribution in [2.45, 2.75) is 18.4 Å². The maximum Gasteiger partial charge on any atom is 0.272 e. The molecule has 2 aromatic carbocycles. The minimum Gasteiger partial charge on any atom is -0.394 e. The fourth-order valence-corrected chi connectivity index (χ4v) is 4.00. The predicted molar refractivity (Wildman–Crippen MR) is 109 cm³/mol. The van der Waals surface area contributed by atoms with Crippen molar-refractivity contribution < 1.29 is 9.50 Å². The zero-order valence-electron chi connectivity index (χ0n) is 15.7. The molecule has 0 spiro atoms. The van der Waals surface area contributed by atoms with Crippen molar-refractivity contribution in [3.63, 3.8) is 0 Å². The largest absolute Gasteiger partial charge is 0.394 e. The van der Waals surface area contributed by atoms with E-state index in [2.05, 4.69) is 25.3 Å². The van der Waals surface area contributed by atoms with Gasteiger partial charge in [-0.15, -0.1) is 0 Å². The number of benzene rings is 2. The second-order valence-corrected chi connectivity index (χ2v) is 7.04. The summed E-state index contributed by atoms with van der Waals surface area (Å²) >= 11 is 0. The summed E-state index contributed by atoms with van der Waals surface area (Å²) in [5.41, 5.74) is 1.74. The van der Waals surface area contributed by atoms with Gasteiger partial charge < -0.3 is 5.11 Å². The van der Waals surface area contributed by atoms with Crippen molar-refractivity contribution in [2.24, 2.45) is 4.99 Å². The van der Waals surface area contributed by atoms with E-state index in [0.29, 0.717) is 28.0 Å². The molecule has 2 aromatic heterocycles. The molecule has 2 unspecified atom stereocenters. The standard InChI is InChI=1S/C21H17FN6O2/c22-13-6-4-12(5-7-13)15-10-23-16-3-1-2-14-17(16)19(26-27-21(14)30)18(15)20-24-11-25-28(20)8-9-29/h1-7,10-11,15,18,29H,8-9H2,(H,27,30). The summed E-state index contributed by atoms with van der Waals surface area (Å²) in [6.45, 7) is 0.149. The van der Waals surface area contributed by atoms with E-state index in [1.54, 1.807) is 35.2 Å². The molecular formula is C21H17FN6O2. The highest BCUT2D eigenvalue weighted by atomic mass is 19.1. The molecule has 1 aliphatic heterocycles. The van der Waals surface area contributed by atoms with Crippen molar-refractivity contribution in [1.82, 2.24) is 25.0 Å². The summed E-state index contributed by atoms with van der Waals surface area (Å²) < 4.78 is 15.2. The van der Waals surface area contributed by atoms with Crippen LogP contribution in [0, 0.1) is 5.82 Å². The molecule has 0 radical (unpaired) electrons. The number of H-pyrrole nitrogens is 1. The van der Waals surface area contributed by atoms with E-state index in [1.165, 1.54) is 18.5 Å². The van der Waals surface area contributed by atoms with Gasteiger partial charge in [0.2, 0.25) is 0 Å². The van der Waals surface area contributed by atoms with E-state index in [0.717, 1.165) is 5.56 Å². The lowest BCUT2D eigenvalue weighted by atomic mass is 9.83. The molecule has 150 valence electrons. The number of nitrogens with zero attached hydrogens (tertiary/aromatic N) is 5. The second-order valence-electron chi connectivity index (χ2n) is 7.04. The normalized spacial score (nSPS) is 17.9. The Kier molecular flexibility index (Phi) is 4.44. The lowest BCUT2D eigenvalue weighted by molar-refractivity contribution is 0.266. The Balaban J connectivity index is 1.82. The van der Waals surface area contributed by atoms with E-state index in [1.807, 2.05) is 6.07 Å². The average Bonchev–Trinajstić information content (AvgIpc) is 3.14. The number of aromatic nitrogens is 5. The Bertz CT molecular complexity index is 1310. The quantitative estimate of drug-likeness (QED) is 0.542. The summed E-state index contributed by atoms with van der Waals surface area (Å²) in [6, 6.07) is 11.5. The van der Waals surface area contributed by atoms with Gasteiger partial charge in [-0.2, -0.15) is 10.2 Å². The summed E-state index contributed by atoms with van der Waals surface area (Å²) in [4.78, 5) is 21.5. The molecule has 0 fully saturated rings. The van der Waals surface area contributed by atoms with Gasteiger partial charge in [0.05, 0.1) is 35.8 Å². The monoisotopic (exact) mass is 404 g/mol. The fourth-order valence-electron chi connectivity index (χ4n) is 4.00. The van der Waals surface area contributed by atoms with Gasteiger partial charge in [-0.05, 0) is 29.8 Å². The van der Waals surface area contributed by atoms with Crippen molar-refractivity contribution >= 4 is 22.7 Å². The van der Waals surface area contributed by atoms with Crippen LogP contribution in [0.5, 0.6) is 0 Å².